The molecule has 0 radical (unpaired) electrons. The van der Waals surface area contributed by atoms with Crippen molar-refractivity contribution < 1.29 is 14.6 Å². The van der Waals surface area contributed by atoms with Gasteiger partial charge in [0.1, 0.15) is 0 Å². The molecule has 2 amide bonds. The summed E-state index contributed by atoms with van der Waals surface area (Å²) in [5.74, 6) is 1.86. The van der Waals surface area contributed by atoms with Crippen molar-refractivity contribution in [2.45, 2.75) is 19.3 Å². The number of benzene rings is 1. The van der Waals surface area contributed by atoms with Crippen molar-refractivity contribution in [2.24, 2.45) is 11.8 Å². The van der Waals surface area contributed by atoms with Gasteiger partial charge in [-0.1, -0.05) is 18.2 Å². The standard InChI is InChI=1S/C18H24N2O3/c1-23-17-10-13(6-7-16(17)21)8-9-19-18(22)20-11-14-4-2-3-5-15(14)12-20/h2-3,6-7,10,14-15,21H,4-5,8-9,11-12H2,1H3,(H,19,22)/t14-,15+. The molecule has 0 bridgehead atoms. The molecule has 0 saturated carbocycles. The van der Waals surface area contributed by atoms with Crippen molar-refractivity contribution in [1.29, 1.82) is 0 Å². The fourth-order valence-electron chi connectivity index (χ4n) is 3.48. The minimum Gasteiger partial charge on any atom is -0.504 e. The van der Waals surface area contributed by atoms with Crippen molar-refractivity contribution >= 4 is 6.03 Å². The summed E-state index contributed by atoms with van der Waals surface area (Å²) < 4.78 is 5.10. The molecule has 2 atom stereocenters. The summed E-state index contributed by atoms with van der Waals surface area (Å²) in [5, 5.41) is 12.6. The molecule has 1 heterocycles. The second-order valence-electron chi connectivity index (χ2n) is 6.36. The number of phenolic OH excluding ortho intramolecular Hbond substituents is 1. The molecule has 0 aromatic heterocycles. The highest BCUT2D eigenvalue weighted by molar-refractivity contribution is 5.74. The van der Waals surface area contributed by atoms with Crippen LogP contribution in [0.4, 0.5) is 4.79 Å². The molecule has 2 N–H and O–H groups in total. The normalized spacial score (nSPS) is 22.7. The average molecular weight is 316 g/mol. The van der Waals surface area contributed by atoms with E-state index in [0.717, 1.165) is 31.5 Å². The van der Waals surface area contributed by atoms with E-state index in [1.54, 1.807) is 12.1 Å². The lowest BCUT2D eigenvalue weighted by molar-refractivity contribution is 0.206. The number of carbonyl (C=O) groups excluding carboxylic acids is 1. The second kappa shape index (κ2) is 6.94. The van der Waals surface area contributed by atoms with E-state index in [1.807, 2.05) is 11.0 Å². The van der Waals surface area contributed by atoms with E-state index in [0.29, 0.717) is 30.6 Å². The van der Waals surface area contributed by atoms with Gasteiger partial charge in [0.05, 0.1) is 7.11 Å². The van der Waals surface area contributed by atoms with Crippen LogP contribution in [0.15, 0.2) is 30.4 Å². The van der Waals surface area contributed by atoms with Gasteiger partial charge in [0.2, 0.25) is 0 Å². The van der Waals surface area contributed by atoms with Crippen molar-refractivity contribution in [2.75, 3.05) is 26.7 Å². The lowest BCUT2D eigenvalue weighted by Gasteiger charge is -2.17. The number of hydrogen-bond donors (Lipinski definition) is 2. The Kier molecular flexibility index (Phi) is 4.74. The van der Waals surface area contributed by atoms with Crippen LogP contribution in [0, 0.1) is 11.8 Å². The number of nitrogens with zero attached hydrogens (tertiary/aromatic N) is 1. The van der Waals surface area contributed by atoms with Crippen LogP contribution >= 0.6 is 0 Å². The van der Waals surface area contributed by atoms with Gasteiger partial charge in [-0.2, -0.15) is 0 Å². The zero-order chi connectivity index (χ0) is 16.2. The monoisotopic (exact) mass is 316 g/mol. The Morgan fingerprint density at radius 1 is 1.30 bits per heavy atom. The fraction of sp³-hybridized carbons (Fsp3) is 0.500. The molecule has 1 aromatic rings. The highest BCUT2D eigenvalue weighted by Crippen LogP contribution is 2.32. The lowest BCUT2D eigenvalue weighted by Crippen LogP contribution is -2.39. The zero-order valence-electron chi connectivity index (χ0n) is 13.5. The molecule has 0 unspecified atom stereocenters. The van der Waals surface area contributed by atoms with Gasteiger partial charge < -0.3 is 20.1 Å². The molecule has 1 fully saturated rings. The van der Waals surface area contributed by atoms with Crippen LogP contribution in [0.3, 0.4) is 0 Å². The molecular weight excluding hydrogens is 292 g/mol. The van der Waals surface area contributed by atoms with E-state index >= 15 is 0 Å². The number of nitrogens with one attached hydrogen (secondary N) is 1. The number of fused-ring (bicyclic) bond motifs is 1. The third-order valence-electron chi connectivity index (χ3n) is 4.84. The number of carbonyl (C=O) groups is 1. The Morgan fingerprint density at radius 2 is 2.00 bits per heavy atom. The average Bonchev–Trinajstić information content (AvgIpc) is 3.00. The van der Waals surface area contributed by atoms with Gasteiger partial charge in [-0.05, 0) is 48.8 Å². The molecular formula is C18H24N2O3. The lowest BCUT2D eigenvalue weighted by atomic mass is 9.86. The Bertz CT molecular complexity index is 584. The predicted octanol–water partition coefficient (Wildman–Crippen LogP) is 2.55. The number of aromatic hydroxyl groups is 1. The van der Waals surface area contributed by atoms with Gasteiger partial charge in [0, 0.05) is 19.6 Å². The Labute approximate surface area is 136 Å². The number of allylic oxidation sites excluding steroid dienone is 2. The van der Waals surface area contributed by atoms with Crippen LogP contribution in [0.5, 0.6) is 11.5 Å². The number of likely N-dealkylation sites (tertiary alicyclic amines) is 1. The van der Waals surface area contributed by atoms with Gasteiger partial charge in [-0.15, -0.1) is 0 Å². The summed E-state index contributed by atoms with van der Waals surface area (Å²) >= 11 is 0. The van der Waals surface area contributed by atoms with Crippen LogP contribution < -0.4 is 10.1 Å². The highest BCUT2D eigenvalue weighted by Gasteiger charge is 2.34. The van der Waals surface area contributed by atoms with E-state index in [2.05, 4.69) is 17.5 Å². The predicted molar refractivity (Wildman–Crippen MR) is 88.7 cm³/mol. The highest BCUT2D eigenvalue weighted by atomic mass is 16.5. The van der Waals surface area contributed by atoms with Crippen molar-refractivity contribution in [1.82, 2.24) is 10.2 Å². The maximum atomic E-state index is 12.3. The number of amides is 2. The first-order valence-electron chi connectivity index (χ1n) is 8.21. The van der Waals surface area contributed by atoms with E-state index in [-0.39, 0.29) is 11.8 Å². The first-order valence-corrected chi connectivity index (χ1v) is 8.21. The first-order chi connectivity index (χ1) is 11.2. The molecule has 1 saturated heterocycles. The van der Waals surface area contributed by atoms with E-state index in [9.17, 15) is 9.90 Å². The molecule has 3 rings (SSSR count). The second-order valence-corrected chi connectivity index (χ2v) is 6.36. The van der Waals surface area contributed by atoms with Gasteiger partial charge in [0.15, 0.2) is 11.5 Å². The van der Waals surface area contributed by atoms with Crippen LogP contribution in [0.25, 0.3) is 0 Å². The topological polar surface area (TPSA) is 61.8 Å². The minimum absolute atomic E-state index is 0.0325. The molecule has 1 aliphatic heterocycles. The van der Waals surface area contributed by atoms with Gasteiger partial charge in [0.25, 0.3) is 0 Å². The summed E-state index contributed by atoms with van der Waals surface area (Å²) in [6.07, 6.45) is 7.38. The van der Waals surface area contributed by atoms with E-state index in [1.165, 1.54) is 7.11 Å². The van der Waals surface area contributed by atoms with E-state index < -0.39 is 0 Å². The van der Waals surface area contributed by atoms with Gasteiger partial charge >= 0.3 is 6.03 Å². The van der Waals surface area contributed by atoms with Crippen molar-refractivity contribution in [3.05, 3.63) is 35.9 Å². The SMILES string of the molecule is COc1cc(CCNC(=O)N2C[C@H]3CC=CC[C@H]3C2)ccc1O. The van der Waals surface area contributed by atoms with Crippen LogP contribution in [0.1, 0.15) is 18.4 Å². The summed E-state index contributed by atoms with van der Waals surface area (Å²) in [6, 6.07) is 5.30. The molecule has 1 aromatic carbocycles. The number of hydrogen-bond acceptors (Lipinski definition) is 3. The number of methoxy groups -OCH3 is 1. The Hall–Kier alpha value is -2.17. The van der Waals surface area contributed by atoms with Gasteiger partial charge in [-0.25, -0.2) is 4.79 Å². The van der Waals surface area contributed by atoms with E-state index in [4.69, 9.17) is 4.74 Å². The third-order valence-corrected chi connectivity index (χ3v) is 4.84. The maximum Gasteiger partial charge on any atom is 0.317 e. The van der Waals surface area contributed by atoms with Crippen LogP contribution in [-0.2, 0) is 6.42 Å². The summed E-state index contributed by atoms with van der Waals surface area (Å²) in [7, 11) is 1.53. The molecule has 0 spiro atoms. The zero-order valence-corrected chi connectivity index (χ0v) is 13.5. The fourth-order valence-corrected chi connectivity index (χ4v) is 3.48. The quantitative estimate of drug-likeness (QED) is 0.839. The molecule has 2 aliphatic rings. The number of phenols is 1. The Morgan fingerprint density at radius 3 is 2.65 bits per heavy atom. The van der Waals surface area contributed by atoms with Crippen molar-refractivity contribution in [3.63, 3.8) is 0 Å². The van der Waals surface area contributed by atoms with Crippen LogP contribution in [0.2, 0.25) is 0 Å². The van der Waals surface area contributed by atoms with Gasteiger partial charge in [-0.3, -0.25) is 0 Å². The molecule has 5 heteroatoms. The molecule has 5 nitrogen and oxygen atoms in total. The number of rotatable bonds is 4. The minimum atomic E-state index is 0.0325. The summed E-state index contributed by atoms with van der Waals surface area (Å²) in [4.78, 5) is 14.2. The van der Waals surface area contributed by atoms with Crippen molar-refractivity contribution in [3.8, 4) is 11.5 Å². The summed E-state index contributed by atoms with van der Waals surface area (Å²) in [5.41, 5.74) is 1.03. The molecule has 1 aliphatic carbocycles. The smallest absolute Gasteiger partial charge is 0.317 e. The maximum absolute atomic E-state index is 12.3. The summed E-state index contributed by atoms with van der Waals surface area (Å²) in [6.45, 7) is 2.32. The molecule has 23 heavy (non-hydrogen) atoms. The largest absolute Gasteiger partial charge is 0.504 e. The molecule has 124 valence electrons. The number of urea groups is 1. The third kappa shape index (κ3) is 3.60. The Balaban J connectivity index is 1.46. The van der Waals surface area contributed by atoms with Crippen LogP contribution in [-0.4, -0.2) is 42.8 Å². The first kappa shape index (κ1) is 15.7. The number of ether oxygens (including phenoxy) is 1.